The SMILES string of the molecule is COC(=O)c1ccnc(NCCCC(N)=O)c1N. The van der Waals surface area contributed by atoms with Crippen LogP contribution in [-0.2, 0) is 9.53 Å². The van der Waals surface area contributed by atoms with Crippen molar-refractivity contribution in [3.63, 3.8) is 0 Å². The monoisotopic (exact) mass is 252 g/mol. The number of nitrogens with one attached hydrogen (secondary N) is 1. The number of ether oxygens (including phenoxy) is 1. The van der Waals surface area contributed by atoms with Gasteiger partial charge in [0.15, 0.2) is 0 Å². The first kappa shape index (κ1) is 13.8. The molecule has 0 atom stereocenters. The highest BCUT2D eigenvalue weighted by Crippen LogP contribution is 2.20. The van der Waals surface area contributed by atoms with Gasteiger partial charge in [-0.1, -0.05) is 0 Å². The highest BCUT2D eigenvalue weighted by Gasteiger charge is 2.13. The predicted octanol–water partition coefficient (Wildman–Crippen LogP) is 0.128. The Hall–Kier alpha value is -2.31. The van der Waals surface area contributed by atoms with Crippen molar-refractivity contribution in [1.29, 1.82) is 0 Å². The van der Waals surface area contributed by atoms with Crippen LogP contribution in [0.4, 0.5) is 11.5 Å². The topological polar surface area (TPSA) is 120 Å². The first-order chi connectivity index (χ1) is 8.56. The Labute approximate surface area is 105 Å². The van der Waals surface area contributed by atoms with E-state index in [1.807, 2.05) is 0 Å². The quantitative estimate of drug-likeness (QED) is 0.488. The van der Waals surface area contributed by atoms with Crippen LogP contribution >= 0.6 is 0 Å². The van der Waals surface area contributed by atoms with Gasteiger partial charge in [0, 0.05) is 19.2 Å². The Kier molecular flexibility index (Phi) is 4.91. The number of nitrogen functional groups attached to an aromatic ring is 1. The zero-order chi connectivity index (χ0) is 13.5. The summed E-state index contributed by atoms with van der Waals surface area (Å²) < 4.78 is 4.59. The van der Waals surface area contributed by atoms with Gasteiger partial charge in [-0.05, 0) is 12.5 Å². The minimum atomic E-state index is -0.518. The molecule has 1 aromatic rings. The maximum Gasteiger partial charge on any atom is 0.340 e. The van der Waals surface area contributed by atoms with Gasteiger partial charge in [0.25, 0.3) is 0 Å². The Morgan fingerprint density at radius 2 is 2.22 bits per heavy atom. The Morgan fingerprint density at radius 1 is 1.50 bits per heavy atom. The molecule has 1 amide bonds. The lowest BCUT2D eigenvalue weighted by Gasteiger charge is -2.10. The van der Waals surface area contributed by atoms with Gasteiger partial charge in [-0.15, -0.1) is 0 Å². The standard InChI is InChI=1S/C11H16N4O3/c1-18-11(17)7-4-6-15-10(9(7)13)14-5-2-3-8(12)16/h4,6H,2-3,5,13H2,1H3,(H2,12,16)(H,14,15). The summed E-state index contributed by atoms with van der Waals surface area (Å²) in [6.07, 6.45) is 2.31. The summed E-state index contributed by atoms with van der Waals surface area (Å²) in [4.78, 5) is 26.0. The Morgan fingerprint density at radius 3 is 2.83 bits per heavy atom. The van der Waals surface area contributed by atoms with E-state index in [0.717, 1.165) is 0 Å². The van der Waals surface area contributed by atoms with Crippen molar-refractivity contribution >= 4 is 23.4 Å². The second kappa shape index (κ2) is 6.43. The van der Waals surface area contributed by atoms with Gasteiger partial charge in [0.2, 0.25) is 5.91 Å². The number of hydrogen-bond donors (Lipinski definition) is 3. The summed E-state index contributed by atoms with van der Waals surface area (Å²) in [6, 6.07) is 1.48. The van der Waals surface area contributed by atoms with Crippen LogP contribution < -0.4 is 16.8 Å². The van der Waals surface area contributed by atoms with Gasteiger partial charge in [0.1, 0.15) is 5.82 Å². The molecule has 1 heterocycles. The number of carbonyl (C=O) groups is 2. The number of hydrogen-bond acceptors (Lipinski definition) is 6. The lowest BCUT2D eigenvalue weighted by atomic mass is 10.2. The van der Waals surface area contributed by atoms with E-state index in [4.69, 9.17) is 11.5 Å². The molecule has 0 aliphatic heterocycles. The van der Waals surface area contributed by atoms with Gasteiger partial charge < -0.3 is 21.5 Å². The summed E-state index contributed by atoms with van der Waals surface area (Å²) in [5, 5.41) is 2.94. The van der Waals surface area contributed by atoms with Crippen molar-refractivity contribution in [3.8, 4) is 0 Å². The van der Waals surface area contributed by atoms with E-state index < -0.39 is 5.97 Å². The number of pyridine rings is 1. The molecule has 18 heavy (non-hydrogen) atoms. The molecule has 0 unspecified atom stereocenters. The van der Waals surface area contributed by atoms with E-state index in [-0.39, 0.29) is 23.6 Å². The lowest BCUT2D eigenvalue weighted by molar-refractivity contribution is -0.118. The molecule has 98 valence electrons. The van der Waals surface area contributed by atoms with Crippen LogP contribution in [0, 0.1) is 0 Å². The van der Waals surface area contributed by atoms with Crippen LogP contribution in [-0.4, -0.2) is 30.5 Å². The fraction of sp³-hybridized carbons (Fsp3) is 0.364. The second-order valence-corrected chi connectivity index (χ2v) is 3.61. The third-order valence-electron chi connectivity index (χ3n) is 2.29. The Bertz CT molecular complexity index is 448. The van der Waals surface area contributed by atoms with Crippen molar-refractivity contribution in [2.45, 2.75) is 12.8 Å². The van der Waals surface area contributed by atoms with E-state index in [1.165, 1.54) is 19.4 Å². The van der Waals surface area contributed by atoms with E-state index in [2.05, 4.69) is 15.0 Å². The first-order valence-corrected chi connectivity index (χ1v) is 5.41. The molecule has 0 aliphatic carbocycles. The summed E-state index contributed by atoms with van der Waals surface area (Å²) >= 11 is 0. The molecule has 0 aromatic carbocycles. The van der Waals surface area contributed by atoms with Crippen LogP contribution in [0.2, 0.25) is 0 Å². The van der Waals surface area contributed by atoms with Crippen molar-refractivity contribution in [2.75, 3.05) is 24.7 Å². The number of nitrogens with two attached hydrogens (primary N) is 2. The average molecular weight is 252 g/mol. The fourth-order valence-corrected chi connectivity index (χ4v) is 1.37. The summed E-state index contributed by atoms with van der Waals surface area (Å²) in [6.45, 7) is 0.491. The molecular formula is C11H16N4O3. The molecule has 7 nitrogen and oxygen atoms in total. The minimum Gasteiger partial charge on any atom is -0.465 e. The minimum absolute atomic E-state index is 0.225. The normalized spacial score (nSPS) is 9.83. The summed E-state index contributed by atoms with van der Waals surface area (Å²) in [7, 11) is 1.28. The zero-order valence-electron chi connectivity index (χ0n) is 10.1. The molecule has 0 bridgehead atoms. The van der Waals surface area contributed by atoms with E-state index in [1.54, 1.807) is 0 Å². The van der Waals surface area contributed by atoms with Crippen LogP contribution in [0.15, 0.2) is 12.3 Å². The number of primary amides is 1. The molecule has 0 saturated carbocycles. The molecule has 0 spiro atoms. The fourth-order valence-electron chi connectivity index (χ4n) is 1.37. The highest BCUT2D eigenvalue weighted by molar-refractivity contribution is 5.97. The van der Waals surface area contributed by atoms with Crippen LogP contribution in [0.25, 0.3) is 0 Å². The van der Waals surface area contributed by atoms with Gasteiger partial charge in [0.05, 0.1) is 18.4 Å². The first-order valence-electron chi connectivity index (χ1n) is 5.41. The number of nitrogens with zero attached hydrogens (tertiary/aromatic N) is 1. The molecule has 1 aromatic heterocycles. The lowest BCUT2D eigenvalue weighted by Crippen LogP contribution is -2.14. The van der Waals surface area contributed by atoms with E-state index in [0.29, 0.717) is 18.8 Å². The maximum atomic E-state index is 11.4. The molecular weight excluding hydrogens is 236 g/mol. The van der Waals surface area contributed by atoms with E-state index in [9.17, 15) is 9.59 Å². The van der Waals surface area contributed by atoms with Crippen molar-refractivity contribution in [3.05, 3.63) is 17.8 Å². The number of anilines is 2. The van der Waals surface area contributed by atoms with Crippen LogP contribution in [0.1, 0.15) is 23.2 Å². The predicted molar refractivity (Wildman–Crippen MR) is 66.9 cm³/mol. The zero-order valence-corrected chi connectivity index (χ0v) is 10.1. The second-order valence-electron chi connectivity index (χ2n) is 3.61. The molecule has 7 heteroatoms. The average Bonchev–Trinajstić information content (AvgIpc) is 2.35. The van der Waals surface area contributed by atoms with Crippen molar-refractivity contribution in [1.82, 2.24) is 4.98 Å². The van der Waals surface area contributed by atoms with Crippen LogP contribution in [0.3, 0.4) is 0 Å². The molecule has 0 aliphatic rings. The van der Waals surface area contributed by atoms with Gasteiger partial charge >= 0.3 is 5.97 Å². The van der Waals surface area contributed by atoms with Gasteiger partial charge in [-0.3, -0.25) is 4.79 Å². The third kappa shape index (κ3) is 3.62. The molecule has 5 N–H and O–H groups in total. The van der Waals surface area contributed by atoms with Gasteiger partial charge in [-0.25, -0.2) is 9.78 Å². The number of aromatic nitrogens is 1. The number of amides is 1. The third-order valence-corrected chi connectivity index (χ3v) is 2.29. The van der Waals surface area contributed by atoms with Crippen LogP contribution in [0.5, 0.6) is 0 Å². The molecule has 0 fully saturated rings. The van der Waals surface area contributed by atoms with Gasteiger partial charge in [-0.2, -0.15) is 0 Å². The number of esters is 1. The van der Waals surface area contributed by atoms with Crippen molar-refractivity contribution in [2.24, 2.45) is 5.73 Å². The summed E-state index contributed by atoms with van der Waals surface area (Å²) in [5.41, 5.74) is 11.3. The smallest absolute Gasteiger partial charge is 0.340 e. The highest BCUT2D eigenvalue weighted by atomic mass is 16.5. The number of carbonyl (C=O) groups excluding carboxylic acids is 2. The molecule has 0 saturated heterocycles. The van der Waals surface area contributed by atoms with E-state index >= 15 is 0 Å². The number of methoxy groups -OCH3 is 1. The van der Waals surface area contributed by atoms with Crippen molar-refractivity contribution < 1.29 is 14.3 Å². The molecule has 1 rings (SSSR count). The Balaban J connectivity index is 2.66. The number of rotatable bonds is 6. The largest absolute Gasteiger partial charge is 0.465 e. The molecule has 0 radical (unpaired) electrons. The maximum absolute atomic E-state index is 11.4. The summed E-state index contributed by atoms with van der Waals surface area (Å²) in [5.74, 6) is -0.488.